The van der Waals surface area contributed by atoms with Crippen molar-refractivity contribution in [1.29, 1.82) is 0 Å². The van der Waals surface area contributed by atoms with Crippen LogP contribution in [0.25, 0.3) is 11.1 Å². The van der Waals surface area contributed by atoms with Gasteiger partial charge in [-0.2, -0.15) is 4.31 Å². The lowest BCUT2D eigenvalue weighted by Gasteiger charge is -2.33. The Labute approximate surface area is 206 Å². The Morgan fingerprint density at radius 2 is 1.77 bits per heavy atom. The Morgan fingerprint density at radius 1 is 1.06 bits per heavy atom. The number of carboxylic acid groups (broad SMARTS) is 1. The number of nitrogens with zero attached hydrogens (tertiary/aromatic N) is 1. The number of aryl methyl sites for hydroxylation is 1. The zero-order chi connectivity index (χ0) is 25.2. The monoisotopic (exact) mass is 495 g/mol. The molecule has 1 heterocycles. The Kier molecular flexibility index (Phi) is 6.87. The van der Waals surface area contributed by atoms with Crippen molar-refractivity contribution in [1.82, 2.24) is 4.31 Å². The molecule has 3 aromatic rings. The Bertz CT molecular complexity index is 1350. The number of ether oxygens (including phenoxy) is 2. The number of carboxylic acids is 1. The molecule has 0 aromatic heterocycles. The molecule has 0 saturated carbocycles. The van der Waals surface area contributed by atoms with Crippen molar-refractivity contribution < 1.29 is 27.8 Å². The highest BCUT2D eigenvalue weighted by Crippen LogP contribution is 2.35. The van der Waals surface area contributed by atoms with E-state index in [1.54, 1.807) is 25.3 Å². The third kappa shape index (κ3) is 5.66. The van der Waals surface area contributed by atoms with E-state index in [-0.39, 0.29) is 17.0 Å². The molecule has 35 heavy (non-hydrogen) atoms. The van der Waals surface area contributed by atoms with Gasteiger partial charge in [-0.3, -0.25) is 4.79 Å². The second-order valence-electron chi connectivity index (χ2n) is 9.23. The molecule has 0 aliphatic carbocycles. The van der Waals surface area contributed by atoms with Crippen molar-refractivity contribution in [3.05, 3.63) is 77.9 Å². The third-order valence-electron chi connectivity index (χ3n) is 6.05. The Morgan fingerprint density at radius 3 is 2.49 bits per heavy atom. The quantitative estimate of drug-likeness (QED) is 0.485. The molecule has 1 aliphatic rings. The number of carbonyl (C=O) groups is 1. The van der Waals surface area contributed by atoms with Crippen molar-refractivity contribution >= 4 is 16.0 Å². The van der Waals surface area contributed by atoms with Crippen molar-refractivity contribution in [3.63, 3.8) is 0 Å². The predicted molar refractivity (Wildman–Crippen MR) is 133 cm³/mol. The number of hydrogen-bond acceptors (Lipinski definition) is 5. The average molecular weight is 496 g/mol. The van der Waals surface area contributed by atoms with Crippen LogP contribution in [0.4, 0.5) is 0 Å². The highest BCUT2D eigenvalue weighted by Gasteiger charge is 2.31. The normalized spacial score (nSPS) is 14.7. The fourth-order valence-electron chi connectivity index (χ4n) is 4.18. The SMILES string of the molecule is COc1cccc(-c2cccc(CN(CC(=O)O)S(=O)(=O)c3ccc4c(c3)CCC(C)(C)O4)c2)c1. The molecule has 0 bridgehead atoms. The van der Waals surface area contributed by atoms with Gasteiger partial charge in [0.2, 0.25) is 10.0 Å². The van der Waals surface area contributed by atoms with E-state index in [1.165, 1.54) is 6.07 Å². The topological polar surface area (TPSA) is 93.1 Å². The molecular weight excluding hydrogens is 466 g/mol. The first-order valence-electron chi connectivity index (χ1n) is 11.3. The van der Waals surface area contributed by atoms with Crippen molar-refractivity contribution in [2.75, 3.05) is 13.7 Å². The third-order valence-corrected chi connectivity index (χ3v) is 7.84. The maximum Gasteiger partial charge on any atom is 0.318 e. The van der Waals surface area contributed by atoms with Crippen LogP contribution in [0, 0.1) is 0 Å². The van der Waals surface area contributed by atoms with Crippen LogP contribution in [0.1, 0.15) is 31.4 Å². The summed E-state index contributed by atoms with van der Waals surface area (Å²) in [6.07, 6.45) is 1.45. The Balaban J connectivity index is 1.64. The number of rotatable bonds is 8. The van der Waals surface area contributed by atoms with E-state index >= 15 is 0 Å². The van der Waals surface area contributed by atoms with Gasteiger partial charge in [-0.1, -0.05) is 30.3 Å². The number of hydrogen-bond donors (Lipinski definition) is 1. The molecule has 3 aromatic carbocycles. The molecule has 0 unspecified atom stereocenters. The number of aliphatic carboxylic acids is 1. The molecule has 1 aliphatic heterocycles. The minimum Gasteiger partial charge on any atom is -0.497 e. The zero-order valence-electron chi connectivity index (χ0n) is 20.0. The molecule has 8 heteroatoms. The predicted octanol–water partition coefficient (Wildman–Crippen LogP) is 4.74. The molecule has 0 atom stereocenters. The van der Waals surface area contributed by atoms with Crippen LogP contribution in [0.15, 0.2) is 71.6 Å². The number of sulfonamides is 1. The average Bonchev–Trinajstić information content (AvgIpc) is 2.82. The van der Waals surface area contributed by atoms with Crippen LogP contribution < -0.4 is 9.47 Å². The van der Waals surface area contributed by atoms with E-state index in [1.807, 2.05) is 56.3 Å². The summed E-state index contributed by atoms with van der Waals surface area (Å²) in [5.41, 5.74) is 2.97. The molecular formula is C27H29NO6S. The number of benzene rings is 3. The van der Waals surface area contributed by atoms with Crippen LogP contribution in [-0.4, -0.2) is 43.1 Å². The van der Waals surface area contributed by atoms with Gasteiger partial charge in [0.05, 0.1) is 12.0 Å². The van der Waals surface area contributed by atoms with E-state index in [0.717, 1.165) is 27.4 Å². The van der Waals surface area contributed by atoms with Gasteiger partial charge in [0, 0.05) is 6.54 Å². The zero-order valence-corrected chi connectivity index (χ0v) is 20.8. The summed E-state index contributed by atoms with van der Waals surface area (Å²) in [6.45, 7) is 3.27. The van der Waals surface area contributed by atoms with Crippen LogP contribution in [0.5, 0.6) is 11.5 Å². The van der Waals surface area contributed by atoms with Crippen molar-refractivity contribution in [3.8, 4) is 22.6 Å². The molecule has 7 nitrogen and oxygen atoms in total. The number of fused-ring (bicyclic) bond motifs is 1. The molecule has 184 valence electrons. The first-order valence-corrected chi connectivity index (χ1v) is 12.8. The highest BCUT2D eigenvalue weighted by atomic mass is 32.2. The van der Waals surface area contributed by atoms with Gasteiger partial charge < -0.3 is 14.6 Å². The van der Waals surface area contributed by atoms with Gasteiger partial charge in [-0.15, -0.1) is 0 Å². The van der Waals surface area contributed by atoms with Crippen LogP contribution in [-0.2, 0) is 27.8 Å². The van der Waals surface area contributed by atoms with Crippen LogP contribution in [0.3, 0.4) is 0 Å². The minimum absolute atomic E-state index is 0.0600. The molecule has 0 fully saturated rings. The molecule has 4 rings (SSSR count). The first-order chi connectivity index (χ1) is 16.6. The van der Waals surface area contributed by atoms with Gasteiger partial charge in [0.1, 0.15) is 23.6 Å². The molecule has 0 amide bonds. The molecule has 1 N–H and O–H groups in total. The molecule has 0 spiro atoms. The number of methoxy groups -OCH3 is 1. The largest absolute Gasteiger partial charge is 0.497 e. The summed E-state index contributed by atoms with van der Waals surface area (Å²) in [4.78, 5) is 11.7. The first kappa shape index (κ1) is 24.8. The van der Waals surface area contributed by atoms with E-state index in [0.29, 0.717) is 23.5 Å². The van der Waals surface area contributed by atoms with Crippen molar-refractivity contribution in [2.24, 2.45) is 0 Å². The van der Waals surface area contributed by atoms with Gasteiger partial charge in [0.25, 0.3) is 0 Å². The van der Waals surface area contributed by atoms with Gasteiger partial charge in [-0.05, 0) is 85.3 Å². The summed E-state index contributed by atoms with van der Waals surface area (Å²) < 4.78 is 39.3. The lowest BCUT2D eigenvalue weighted by Crippen LogP contribution is -2.36. The smallest absolute Gasteiger partial charge is 0.318 e. The van der Waals surface area contributed by atoms with Crippen molar-refractivity contribution in [2.45, 2.75) is 43.7 Å². The van der Waals surface area contributed by atoms with E-state index in [2.05, 4.69) is 0 Å². The summed E-state index contributed by atoms with van der Waals surface area (Å²) in [5.74, 6) is 0.152. The van der Waals surface area contributed by atoms with E-state index in [4.69, 9.17) is 9.47 Å². The molecule has 0 saturated heterocycles. The minimum atomic E-state index is -4.07. The maximum atomic E-state index is 13.5. The van der Waals surface area contributed by atoms with Gasteiger partial charge in [0.15, 0.2) is 0 Å². The summed E-state index contributed by atoms with van der Waals surface area (Å²) in [5, 5.41) is 9.47. The lowest BCUT2D eigenvalue weighted by atomic mass is 9.94. The van der Waals surface area contributed by atoms with Gasteiger partial charge >= 0.3 is 5.97 Å². The van der Waals surface area contributed by atoms with E-state index in [9.17, 15) is 18.3 Å². The lowest BCUT2D eigenvalue weighted by molar-refractivity contribution is -0.137. The second kappa shape index (κ2) is 9.71. The summed E-state index contributed by atoms with van der Waals surface area (Å²) in [6, 6.07) is 19.7. The fourth-order valence-corrected chi connectivity index (χ4v) is 5.61. The summed E-state index contributed by atoms with van der Waals surface area (Å²) in [7, 11) is -2.47. The standard InChI is InChI=1S/C27H29NO6S/c1-27(2)13-12-22-16-24(10-11-25(22)34-27)35(31,32)28(18-26(29)30)17-19-6-4-7-20(14-19)21-8-5-9-23(15-21)33-3/h4-11,14-16H,12-13,17-18H2,1-3H3,(H,29,30). The van der Waals surface area contributed by atoms with Crippen LogP contribution >= 0.6 is 0 Å². The molecule has 0 radical (unpaired) electrons. The fraction of sp³-hybridized carbons (Fsp3) is 0.296. The summed E-state index contributed by atoms with van der Waals surface area (Å²) >= 11 is 0. The second-order valence-corrected chi connectivity index (χ2v) is 11.2. The van der Waals surface area contributed by atoms with Crippen LogP contribution in [0.2, 0.25) is 0 Å². The van der Waals surface area contributed by atoms with E-state index < -0.39 is 22.5 Å². The Hall–Kier alpha value is -3.36. The van der Waals surface area contributed by atoms with Gasteiger partial charge in [-0.25, -0.2) is 8.42 Å². The highest BCUT2D eigenvalue weighted by molar-refractivity contribution is 7.89. The maximum absolute atomic E-state index is 13.5.